The summed E-state index contributed by atoms with van der Waals surface area (Å²) in [6.45, 7) is 0.914. The highest BCUT2D eigenvalue weighted by Gasteiger charge is 2.24. The zero-order valence-electron chi connectivity index (χ0n) is 11.2. The maximum atomic E-state index is 11.4. The number of carbonyl (C=O) groups excluding carboxylic acids is 1. The number of carbonyl (C=O) groups is 1. The standard InChI is InChI=1S/C12H23NO4S/c1-17-12(14)10-13(11-6-3-4-7-11)8-5-9-18(2,15)16/h11H,3-10H2,1-2H3. The van der Waals surface area contributed by atoms with Crippen molar-refractivity contribution in [1.82, 2.24) is 4.90 Å². The van der Waals surface area contributed by atoms with Gasteiger partial charge in [0.1, 0.15) is 9.84 Å². The fourth-order valence-corrected chi connectivity index (χ4v) is 3.07. The van der Waals surface area contributed by atoms with Crippen LogP contribution in [-0.2, 0) is 19.4 Å². The lowest BCUT2D eigenvalue weighted by Crippen LogP contribution is -2.39. The molecule has 1 fully saturated rings. The van der Waals surface area contributed by atoms with Crippen molar-refractivity contribution in [2.45, 2.75) is 38.1 Å². The molecule has 18 heavy (non-hydrogen) atoms. The van der Waals surface area contributed by atoms with E-state index in [1.54, 1.807) is 0 Å². The Morgan fingerprint density at radius 2 is 1.94 bits per heavy atom. The van der Waals surface area contributed by atoms with E-state index in [1.165, 1.54) is 26.2 Å². The second kappa shape index (κ2) is 7.09. The number of nitrogens with zero attached hydrogens (tertiary/aromatic N) is 1. The van der Waals surface area contributed by atoms with E-state index in [-0.39, 0.29) is 18.3 Å². The quantitative estimate of drug-likeness (QED) is 0.645. The van der Waals surface area contributed by atoms with E-state index in [1.807, 2.05) is 0 Å². The first-order chi connectivity index (χ1) is 8.42. The Morgan fingerprint density at radius 1 is 1.33 bits per heavy atom. The van der Waals surface area contributed by atoms with Crippen LogP contribution in [0.15, 0.2) is 0 Å². The second-order valence-electron chi connectivity index (χ2n) is 4.97. The molecule has 1 rings (SSSR count). The van der Waals surface area contributed by atoms with Gasteiger partial charge in [-0.1, -0.05) is 12.8 Å². The molecule has 0 atom stereocenters. The number of methoxy groups -OCH3 is 1. The first kappa shape index (κ1) is 15.4. The molecule has 0 aromatic carbocycles. The van der Waals surface area contributed by atoms with Crippen molar-refractivity contribution in [3.8, 4) is 0 Å². The number of hydrogen-bond acceptors (Lipinski definition) is 5. The number of ether oxygens (including phenoxy) is 1. The highest BCUT2D eigenvalue weighted by atomic mass is 32.2. The van der Waals surface area contributed by atoms with Crippen molar-refractivity contribution in [3.05, 3.63) is 0 Å². The van der Waals surface area contributed by atoms with Crippen molar-refractivity contribution in [2.24, 2.45) is 0 Å². The number of hydrogen-bond donors (Lipinski definition) is 0. The van der Waals surface area contributed by atoms with Crippen LogP contribution in [0, 0.1) is 0 Å². The molecule has 106 valence electrons. The van der Waals surface area contributed by atoms with E-state index >= 15 is 0 Å². The molecule has 0 aromatic rings. The van der Waals surface area contributed by atoms with E-state index in [2.05, 4.69) is 9.64 Å². The fraction of sp³-hybridized carbons (Fsp3) is 0.917. The van der Waals surface area contributed by atoms with E-state index in [0.717, 1.165) is 12.8 Å². The third-order valence-electron chi connectivity index (χ3n) is 3.36. The summed E-state index contributed by atoms with van der Waals surface area (Å²) in [7, 11) is -1.54. The Balaban J connectivity index is 2.46. The second-order valence-corrected chi connectivity index (χ2v) is 7.23. The van der Waals surface area contributed by atoms with Crippen molar-refractivity contribution in [2.75, 3.05) is 32.2 Å². The number of esters is 1. The van der Waals surface area contributed by atoms with Crippen LogP contribution < -0.4 is 0 Å². The predicted molar refractivity (Wildman–Crippen MR) is 70.2 cm³/mol. The topological polar surface area (TPSA) is 63.7 Å². The molecule has 1 aliphatic carbocycles. The van der Waals surface area contributed by atoms with Gasteiger partial charge in [-0.2, -0.15) is 0 Å². The minimum Gasteiger partial charge on any atom is -0.468 e. The molecule has 5 nitrogen and oxygen atoms in total. The van der Waals surface area contributed by atoms with Crippen LogP contribution in [0.4, 0.5) is 0 Å². The molecular formula is C12H23NO4S. The van der Waals surface area contributed by atoms with Crippen LogP contribution in [0.1, 0.15) is 32.1 Å². The highest BCUT2D eigenvalue weighted by Crippen LogP contribution is 2.23. The largest absolute Gasteiger partial charge is 0.468 e. The van der Waals surface area contributed by atoms with Crippen LogP contribution in [0.25, 0.3) is 0 Å². The summed E-state index contributed by atoms with van der Waals surface area (Å²) in [6, 6.07) is 0.406. The molecule has 0 radical (unpaired) electrons. The summed E-state index contributed by atoms with van der Waals surface area (Å²) in [5, 5.41) is 0. The molecule has 0 spiro atoms. The van der Waals surface area contributed by atoms with Gasteiger partial charge in [-0.05, 0) is 25.8 Å². The van der Waals surface area contributed by atoms with Crippen LogP contribution in [0.3, 0.4) is 0 Å². The molecule has 0 N–H and O–H groups in total. The maximum absolute atomic E-state index is 11.4. The van der Waals surface area contributed by atoms with Crippen LogP contribution in [0.5, 0.6) is 0 Å². The van der Waals surface area contributed by atoms with E-state index < -0.39 is 9.84 Å². The Kier molecular flexibility index (Phi) is 6.08. The van der Waals surface area contributed by atoms with Gasteiger partial charge in [0.15, 0.2) is 0 Å². The van der Waals surface area contributed by atoms with Gasteiger partial charge in [0.2, 0.25) is 0 Å². The van der Waals surface area contributed by atoms with E-state index in [9.17, 15) is 13.2 Å². The lowest BCUT2D eigenvalue weighted by Gasteiger charge is -2.27. The van der Waals surface area contributed by atoms with Gasteiger partial charge in [0.05, 0.1) is 19.4 Å². The van der Waals surface area contributed by atoms with Crippen molar-refractivity contribution in [3.63, 3.8) is 0 Å². The van der Waals surface area contributed by atoms with Gasteiger partial charge in [0.25, 0.3) is 0 Å². The molecule has 0 bridgehead atoms. The molecule has 6 heteroatoms. The molecular weight excluding hydrogens is 254 g/mol. The molecule has 1 aliphatic rings. The smallest absolute Gasteiger partial charge is 0.319 e. The summed E-state index contributed by atoms with van der Waals surface area (Å²) in [4.78, 5) is 13.4. The summed E-state index contributed by atoms with van der Waals surface area (Å²) < 4.78 is 26.9. The Hall–Kier alpha value is -0.620. The van der Waals surface area contributed by atoms with Gasteiger partial charge in [-0.25, -0.2) is 8.42 Å². The van der Waals surface area contributed by atoms with Crippen molar-refractivity contribution < 1.29 is 17.9 Å². The molecule has 0 amide bonds. The average molecular weight is 277 g/mol. The van der Waals surface area contributed by atoms with E-state index in [4.69, 9.17) is 0 Å². The average Bonchev–Trinajstić information content (AvgIpc) is 2.79. The van der Waals surface area contributed by atoms with Gasteiger partial charge in [0, 0.05) is 12.3 Å². The first-order valence-electron chi connectivity index (χ1n) is 6.41. The summed E-state index contributed by atoms with van der Waals surface area (Å²) in [6.07, 6.45) is 6.38. The molecule has 1 saturated carbocycles. The van der Waals surface area contributed by atoms with Gasteiger partial charge < -0.3 is 4.74 Å². The molecule has 0 heterocycles. The molecule has 0 unspecified atom stereocenters. The van der Waals surface area contributed by atoms with Gasteiger partial charge in [-0.3, -0.25) is 9.69 Å². The zero-order chi connectivity index (χ0) is 13.6. The molecule has 0 aromatic heterocycles. The van der Waals surface area contributed by atoms with Crippen molar-refractivity contribution in [1.29, 1.82) is 0 Å². The monoisotopic (exact) mass is 277 g/mol. The lowest BCUT2D eigenvalue weighted by atomic mass is 10.2. The molecule has 0 aliphatic heterocycles. The summed E-state index contributed by atoms with van der Waals surface area (Å²) in [5.74, 6) is -0.0709. The third-order valence-corrected chi connectivity index (χ3v) is 4.39. The SMILES string of the molecule is COC(=O)CN(CCCS(C)(=O)=O)C1CCCC1. The van der Waals surface area contributed by atoms with Gasteiger partial charge >= 0.3 is 5.97 Å². The Bertz CT molecular complexity index is 360. The van der Waals surface area contributed by atoms with Crippen molar-refractivity contribution >= 4 is 15.8 Å². The predicted octanol–water partition coefficient (Wildman–Crippen LogP) is 0.839. The summed E-state index contributed by atoms with van der Waals surface area (Å²) >= 11 is 0. The maximum Gasteiger partial charge on any atom is 0.319 e. The normalized spacial score (nSPS) is 17.3. The van der Waals surface area contributed by atoms with Crippen LogP contribution in [-0.4, -0.2) is 57.5 Å². The highest BCUT2D eigenvalue weighted by molar-refractivity contribution is 7.90. The van der Waals surface area contributed by atoms with Gasteiger partial charge in [-0.15, -0.1) is 0 Å². The molecule has 0 saturated heterocycles. The minimum absolute atomic E-state index is 0.178. The fourth-order valence-electron chi connectivity index (χ4n) is 2.42. The summed E-state index contributed by atoms with van der Waals surface area (Å²) in [5.41, 5.74) is 0. The minimum atomic E-state index is -2.92. The zero-order valence-corrected chi connectivity index (χ0v) is 12.0. The van der Waals surface area contributed by atoms with E-state index in [0.29, 0.717) is 19.0 Å². The number of sulfone groups is 1. The first-order valence-corrected chi connectivity index (χ1v) is 8.47. The Morgan fingerprint density at radius 3 is 2.44 bits per heavy atom. The Labute approximate surface area is 109 Å². The van der Waals surface area contributed by atoms with Crippen LogP contribution >= 0.6 is 0 Å². The third kappa shape index (κ3) is 5.82. The van der Waals surface area contributed by atoms with Crippen LogP contribution in [0.2, 0.25) is 0 Å². The number of rotatable bonds is 7. The lowest BCUT2D eigenvalue weighted by molar-refractivity contribution is -0.142.